The molecule has 0 aliphatic heterocycles. The minimum Gasteiger partial charge on any atom is -0.497 e. The highest BCUT2D eigenvalue weighted by atomic mass is 79.9. The molecule has 11 heteroatoms. The second-order valence-electron chi connectivity index (χ2n) is 8.77. The maximum Gasteiger partial charge on any atom is 0.244 e. The van der Waals surface area contributed by atoms with Gasteiger partial charge in [-0.05, 0) is 42.7 Å². The number of nitrogens with zero attached hydrogens (tertiary/aromatic N) is 2. The molecule has 2 aromatic rings. The van der Waals surface area contributed by atoms with Gasteiger partial charge in [-0.2, -0.15) is 0 Å². The number of sulfonamides is 1. The van der Waals surface area contributed by atoms with E-state index < -0.39 is 28.5 Å². The van der Waals surface area contributed by atoms with E-state index in [-0.39, 0.29) is 29.8 Å². The predicted molar refractivity (Wildman–Crippen MR) is 144 cm³/mol. The second kappa shape index (κ2) is 13.0. The van der Waals surface area contributed by atoms with E-state index in [4.69, 9.17) is 9.47 Å². The van der Waals surface area contributed by atoms with Gasteiger partial charge in [0.1, 0.15) is 24.1 Å². The van der Waals surface area contributed by atoms with Gasteiger partial charge in [-0.25, -0.2) is 8.42 Å². The average molecular weight is 585 g/mol. The van der Waals surface area contributed by atoms with Crippen LogP contribution >= 0.6 is 15.9 Å². The molecule has 198 valence electrons. The van der Waals surface area contributed by atoms with E-state index in [1.54, 1.807) is 19.1 Å². The zero-order chi connectivity index (χ0) is 27.0. The standard InChI is InChI=1S/C25H34BrN3O6S/c1-17(2)14-27-25(31)18(3)28(15-19-8-7-9-20(26)12-19)24(30)16-29(36(6,32)33)22-13-21(34-4)10-11-23(22)35-5/h7-13,17-18H,14-16H2,1-6H3,(H,27,31). The lowest BCUT2D eigenvalue weighted by Gasteiger charge is -2.32. The summed E-state index contributed by atoms with van der Waals surface area (Å²) in [5, 5.41) is 2.85. The van der Waals surface area contributed by atoms with Crippen molar-refractivity contribution < 1.29 is 27.5 Å². The molecule has 0 spiro atoms. The van der Waals surface area contributed by atoms with Crippen molar-refractivity contribution >= 4 is 43.5 Å². The zero-order valence-electron chi connectivity index (χ0n) is 21.4. The molecule has 0 saturated carbocycles. The third kappa shape index (κ3) is 8.12. The number of amides is 2. The molecule has 2 amide bonds. The average Bonchev–Trinajstić information content (AvgIpc) is 2.82. The smallest absolute Gasteiger partial charge is 0.244 e. The van der Waals surface area contributed by atoms with Crippen molar-refractivity contribution in [2.45, 2.75) is 33.4 Å². The quantitative estimate of drug-likeness (QED) is 0.410. The third-order valence-electron chi connectivity index (χ3n) is 5.43. The molecular weight excluding hydrogens is 550 g/mol. The van der Waals surface area contributed by atoms with Crippen LogP contribution in [0.15, 0.2) is 46.9 Å². The number of halogens is 1. The Hall–Kier alpha value is -2.79. The predicted octanol–water partition coefficient (Wildman–Crippen LogP) is 3.42. The van der Waals surface area contributed by atoms with Crippen LogP contribution in [0.4, 0.5) is 5.69 Å². The summed E-state index contributed by atoms with van der Waals surface area (Å²) in [6.07, 6.45) is 1.01. The van der Waals surface area contributed by atoms with Crippen LogP contribution in [0.25, 0.3) is 0 Å². The van der Waals surface area contributed by atoms with E-state index in [0.717, 1.165) is 20.6 Å². The van der Waals surface area contributed by atoms with Gasteiger partial charge in [0.05, 0.1) is 26.2 Å². The molecule has 0 heterocycles. The molecule has 1 unspecified atom stereocenters. The largest absolute Gasteiger partial charge is 0.497 e. The summed E-state index contributed by atoms with van der Waals surface area (Å²) in [7, 11) is -1.04. The second-order valence-corrected chi connectivity index (χ2v) is 11.6. The highest BCUT2D eigenvalue weighted by Crippen LogP contribution is 2.34. The Morgan fingerprint density at radius 2 is 1.75 bits per heavy atom. The maximum absolute atomic E-state index is 13.7. The van der Waals surface area contributed by atoms with Gasteiger partial charge in [0, 0.05) is 23.6 Å². The molecule has 0 bridgehead atoms. The normalized spacial score (nSPS) is 12.1. The number of hydrogen-bond donors (Lipinski definition) is 1. The van der Waals surface area contributed by atoms with Gasteiger partial charge < -0.3 is 19.7 Å². The minimum absolute atomic E-state index is 0.112. The highest BCUT2D eigenvalue weighted by molar-refractivity contribution is 9.10. The topological polar surface area (TPSA) is 105 Å². The molecule has 9 nitrogen and oxygen atoms in total. The van der Waals surface area contributed by atoms with Gasteiger partial charge in [-0.15, -0.1) is 0 Å². The number of ether oxygens (including phenoxy) is 2. The van der Waals surface area contributed by atoms with Crippen molar-refractivity contribution in [3.05, 3.63) is 52.5 Å². The SMILES string of the molecule is COc1ccc(OC)c(N(CC(=O)N(Cc2cccc(Br)c2)C(C)C(=O)NCC(C)C)S(C)(=O)=O)c1. The Kier molecular flexibility index (Phi) is 10.6. The Bertz CT molecular complexity index is 1170. The maximum atomic E-state index is 13.7. The molecule has 36 heavy (non-hydrogen) atoms. The fourth-order valence-corrected chi connectivity index (χ4v) is 4.75. The van der Waals surface area contributed by atoms with Crippen molar-refractivity contribution in [2.24, 2.45) is 5.92 Å². The molecule has 0 radical (unpaired) electrons. The van der Waals surface area contributed by atoms with Gasteiger partial charge in [0.25, 0.3) is 0 Å². The molecule has 1 N–H and O–H groups in total. The third-order valence-corrected chi connectivity index (χ3v) is 7.05. The van der Waals surface area contributed by atoms with E-state index in [1.807, 2.05) is 38.1 Å². The van der Waals surface area contributed by atoms with Gasteiger partial charge in [-0.1, -0.05) is 41.9 Å². The summed E-state index contributed by atoms with van der Waals surface area (Å²) in [6, 6.07) is 11.2. The van der Waals surface area contributed by atoms with Crippen LogP contribution < -0.4 is 19.1 Å². The molecule has 2 aromatic carbocycles. The number of anilines is 1. The number of hydrogen-bond acceptors (Lipinski definition) is 6. The summed E-state index contributed by atoms with van der Waals surface area (Å²) in [6.45, 7) is 5.61. The molecule has 0 aliphatic rings. The van der Waals surface area contributed by atoms with Gasteiger partial charge in [-0.3, -0.25) is 13.9 Å². The molecule has 0 saturated heterocycles. The van der Waals surface area contributed by atoms with Crippen molar-refractivity contribution in [3.63, 3.8) is 0 Å². The van der Waals surface area contributed by atoms with Crippen LogP contribution in [0.3, 0.4) is 0 Å². The fraction of sp³-hybridized carbons (Fsp3) is 0.440. The van der Waals surface area contributed by atoms with Crippen molar-refractivity contribution in [2.75, 3.05) is 37.9 Å². The van der Waals surface area contributed by atoms with Crippen LogP contribution in [0.1, 0.15) is 26.3 Å². The Balaban J connectivity index is 2.46. The highest BCUT2D eigenvalue weighted by Gasteiger charge is 2.31. The number of nitrogens with one attached hydrogen (secondary N) is 1. The van der Waals surface area contributed by atoms with Crippen molar-refractivity contribution in [1.29, 1.82) is 0 Å². The summed E-state index contributed by atoms with van der Waals surface area (Å²) >= 11 is 3.43. The molecule has 0 fully saturated rings. The van der Waals surface area contributed by atoms with Crippen LogP contribution in [-0.2, 0) is 26.2 Å². The van der Waals surface area contributed by atoms with Crippen LogP contribution in [0, 0.1) is 5.92 Å². The van der Waals surface area contributed by atoms with Crippen LogP contribution in [-0.4, -0.2) is 64.7 Å². The summed E-state index contributed by atoms with van der Waals surface area (Å²) in [5.41, 5.74) is 0.943. The Morgan fingerprint density at radius 1 is 1.06 bits per heavy atom. The molecule has 0 aromatic heterocycles. The summed E-state index contributed by atoms with van der Waals surface area (Å²) in [5.74, 6) is 0.0284. The zero-order valence-corrected chi connectivity index (χ0v) is 23.9. The Morgan fingerprint density at radius 3 is 2.31 bits per heavy atom. The first kappa shape index (κ1) is 29.4. The lowest BCUT2D eigenvalue weighted by atomic mass is 10.1. The monoisotopic (exact) mass is 583 g/mol. The van der Waals surface area contributed by atoms with E-state index in [1.165, 1.54) is 25.2 Å². The van der Waals surface area contributed by atoms with Gasteiger partial charge in [0.2, 0.25) is 21.8 Å². The number of methoxy groups -OCH3 is 2. The van der Waals surface area contributed by atoms with E-state index in [0.29, 0.717) is 12.3 Å². The number of carbonyl (C=O) groups is 2. The molecule has 2 rings (SSSR count). The molecule has 1 atom stereocenters. The van der Waals surface area contributed by atoms with E-state index in [9.17, 15) is 18.0 Å². The van der Waals surface area contributed by atoms with Gasteiger partial charge in [0.15, 0.2) is 0 Å². The summed E-state index contributed by atoms with van der Waals surface area (Å²) in [4.78, 5) is 27.9. The first-order chi connectivity index (χ1) is 16.9. The lowest BCUT2D eigenvalue weighted by molar-refractivity contribution is -0.139. The minimum atomic E-state index is -3.91. The van der Waals surface area contributed by atoms with Crippen LogP contribution in [0.2, 0.25) is 0 Å². The number of benzene rings is 2. The van der Waals surface area contributed by atoms with Crippen molar-refractivity contribution in [3.8, 4) is 11.5 Å². The van der Waals surface area contributed by atoms with Gasteiger partial charge >= 0.3 is 0 Å². The number of rotatable bonds is 12. The first-order valence-corrected chi connectivity index (χ1v) is 14.0. The molecular formula is C25H34BrN3O6S. The van der Waals surface area contributed by atoms with E-state index in [2.05, 4.69) is 21.2 Å². The Labute approximate surface area is 221 Å². The first-order valence-electron chi connectivity index (χ1n) is 11.4. The van der Waals surface area contributed by atoms with Crippen molar-refractivity contribution in [1.82, 2.24) is 10.2 Å². The van der Waals surface area contributed by atoms with E-state index >= 15 is 0 Å². The van der Waals surface area contributed by atoms with Crippen LogP contribution in [0.5, 0.6) is 11.5 Å². The fourth-order valence-electron chi connectivity index (χ4n) is 3.45. The number of carbonyl (C=O) groups excluding carboxylic acids is 2. The summed E-state index contributed by atoms with van der Waals surface area (Å²) < 4.78 is 38.0. The lowest BCUT2D eigenvalue weighted by Crippen LogP contribution is -2.51. The molecule has 0 aliphatic carbocycles.